The summed E-state index contributed by atoms with van der Waals surface area (Å²) in [5.41, 5.74) is 0.312. The van der Waals surface area contributed by atoms with E-state index in [1.165, 1.54) is 12.1 Å². The van der Waals surface area contributed by atoms with Gasteiger partial charge in [-0.05, 0) is 6.07 Å². The minimum absolute atomic E-state index is 0.0893. The van der Waals surface area contributed by atoms with Crippen LogP contribution in [0, 0.1) is 0 Å². The molecule has 0 saturated carbocycles. The monoisotopic (exact) mass is 213 g/mol. The van der Waals surface area contributed by atoms with E-state index in [9.17, 15) is 9.90 Å². The van der Waals surface area contributed by atoms with Gasteiger partial charge in [0.2, 0.25) is 5.75 Å². The zero-order chi connectivity index (χ0) is 11.4. The van der Waals surface area contributed by atoms with E-state index in [0.29, 0.717) is 5.56 Å². The van der Waals surface area contributed by atoms with Crippen LogP contribution in [-0.2, 0) is 11.3 Å². The van der Waals surface area contributed by atoms with Gasteiger partial charge < -0.3 is 25.7 Å². The molecule has 0 amide bonds. The van der Waals surface area contributed by atoms with Crippen LogP contribution < -0.4 is 5.32 Å². The van der Waals surface area contributed by atoms with Gasteiger partial charge in [-0.2, -0.15) is 0 Å². The van der Waals surface area contributed by atoms with Gasteiger partial charge in [0.1, 0.15) is 0 Å². The van der Waals surface area contributed by atoms with Crippen LogP contribution in [0.3, 0.4) is 0 Å². The molecular formula is C9H11NO5. The first-order valence-electron chi connectivity index (χ1n) is 4.17. The molecule has 6 heteroatoms. The van der Waals surface area contributed by atoms with Gasteiger partial charge in [-0.1, -0.05) is 6.07 Å². The Morgan fingerprint density at radius 3 is 2.47 bits per heavy atom. The lowest BCUT2D eigenvalue weighted by atomic mass is 10.1. The second kappa shape index (κ2) is 4.52. The van der Waals surface area contributed by atoms with Crippen LogP contribution in [0.1, 0.15) is 5.56 Å². The van der Waals surface area contributed by atoms with Crippen LogP contribution in [-0.4, -0.2) is 32.9 Å². The van der Waals surface area contributed by atoms with Crippen molar-refractivity contribution in [2.45, 2.75) is 6.54 Å². The molecule has 0 aliphatic carbocycles. The Hall–Kier alpha value is -1.95. The van der Waals surface area contributed by atoms with Crippen molar-refractivity contribution in [3.63, 3.8) is 0 Å². The number of carboxylic acid groups (broad SMARTS) is 1. The van der Waals surface area contributed by atoms with Gasteiger partial charge in [0, 0.05) is 12.1 Å². The number of phenols is 3. The highest BCUT2D eigenvalue weighted by molar-refractivity contribution is 5.69. The third kappa shape index (κ3) is 2.75. The smallest absolute Gasteiger partial charge is 0.317 e. The van der Waals surface area contributed by atoms with E-state index in [1.807, 2.05) is 0 Å². The van der Waals surface area contributed by atoms with E-state index < -0.39 is 23.2 Å². The zero-order valence-corrected chi connectivity index (χ0v) is 7.77. The van der Waals surface area contributed by atoms with Crippen molar-refractivity contribution in [3.8, 4) is 17.2 Å². The molecule has 82 valence electrons. The van der Waals surface area contributed by atoms with Crippen LogP contribution in [0.4, 0.5) is 0 Å². The predicted molar refractivity (Wildman–Crippen MR) is 50.8 cm³/mol. The molecule has 0 spiro atoms. The maximum absolute atomic E-state index is 10.2. The fraction of sp³-hybridized carbons (Fsp3) is 0.222. The summed E-state index contributed by atoms with van der Waals surface area (Å²) >= 11 is 0. The molecule has 15 heavy (non-hydrogen) atoms. The molecule has 0 heterocycles. The fourth-order valence-electron chi connectivity index (χ4n) is 1.06. The summed E-state index contributed by atoms with van der Waals surface area (Å²) in [6.07, 6.45) is 0. The number of carboxylic acids is 1. The lowest BCUT2D eigenvalue weighted by molar-refractivity contribution is -0.136. The van der Waals surface area contributed by atoms with Gasteiger partial charge in [-0.25, -0.2) is 0 Å². The standard InChI is InChI=1S/C9H11NO5/c11-6-2-1-5(8(14)9(6)15)3-10-4-7(12)13/h1-2,10-11,14-15H,3-4H2,(H,12,13). The molecule has 1 rings (SSSR count). The number of aliphatic carboxylic acids is 1. The molecule has 0 aromatic heterocycles. The van der Waals surface area contributed by atoms with Crippen molar-refractivity contribution in [2.24, 2.45) is 0 Å². The highest BCUT2D eigenvalue weighted by atomic mass is 16.4. The average molecular weight is 213 g/mol. The maximum atomic E-state index is 10.2. The summed E-state index contributed by atoms with van der Waals surface area (Å²) < 4.78 is 0. The van der Waals surface area contributed by atoms with E-state index in [4.69, 9.17) is 15.3 Å². The fourth-order valence-corrected chi connectivity index (χ4v) is 1.06. The third-order valence-corrected chi connectivity index (χ3v) is 1.81. The van der Waals surface area contributed by atoms with Gasteiger partial charge >= 0.3 is 5.97 Å². The molecule has 6 nitrogen and oxygen atoms in total. The number of aromatic hydroxyl groups is 3. The Morgan fingerprint density at radius 1 is 1.20 bits per heavy atom. The molecule has 0 fully saturated rings. The molecule has 0 aliphatic rings. The van der Waals surface area contributed by atoms with E-state index in [-0.39, 0.29) is 13.1 Å². The van der Waals surface area contributed by atoms with Crippen LogP contribution >= 0.6 is 0 Å². The first kappa shape index (κ1) is 11.1. The Kier molecular flexibility index (Phi) is 3.35. The van der Waals surface area contributed by atoms with Crippen molar-refractivity contribution in [2.75, 3.05) is 6.54 Å². The van der Waals surface area contributed by atoms with Crippen LogP contribution in [0.15, 0.2) is 12.1 Å². The molecule has 0 unspecified atom stereocenters. The van der Waals surface area contributed by atoms with Crippen molar-refractivity contribution in [1.29, 1.82) is 0 Å². The Labute approximate surface area is 85.4 Å². The molecule has 0 aliphatic heterocycles. The number of benzene rings is 1. The lowest BCUT2D eigenvalue weighted by Gasteiger charge is -2.07. The van der Waals surface area contributed by atoms with Crippen molar-refractivity contribution >= 4 is 5.97 Å². The molecule has 0 bridgehead atoms. The molecule has 0 saturated heterocycles. The summed E-state index contributed by atoms with van der Waals surface area (Å²) in [5.74, 6) is -2.50. The van der Waals surface area contributed by atoms with Gasteiger partial charge in [-0.15, -0.1) is 0 Å². The molecule has 1 aromatic rings. The highest BCUT2D eigenvalue weighted by Crippen LogP contribution is 2.36. The third-order valence-electron chi connectivity index (χ3n) is 1.81. The Bertz CT molecular complexity index is 377. The van der Waals surface area contributed by atoms with E-state index in [2.05, 4.69) is 5.32 Å². The number of hydrogen-bond acceptors (Lipinski definition) is 5. The van der Waals surface area contributed by atoms with Gasteiger partial charge in [0.15, 0.2) is 11.5 Å². The topological polar surface area (TPSA) is 110 Å². The summed E-state index contributed by atoms with van der Waals surface area (Å²) in [4.78, 5) is 10.2. The van der Waals surface area contributed by atoms with Crippen LogP contribution in [0.25, 0.3) is 0 Å². The second-order valence-electron chi connectivity index (χ2n) is 2.94. The second-order valence-corrected chi connectivity index (χ2v) is 2.94. The van der Waals surface area contributed by atoms with Crippen molar-refractivity contribution < 1.29 is 25.2 Å². The highest BCUT2D eigenvalue weighted by Gasteiger charge is 2.10. The minimum atomic E-state index is -1.02. The number of hydrogen-bond donors (Lipinski definition) is 5. The molecule has 0 radical (unpaired) electrons. The predicted octanol–water partition coefficient (Wildman–Crippen LogP) is -0.0224. The Balaban J connectivity index is 2.70. The summed E-state index contributed by atoms with van der Waals surface area (Å²) in [6, 6.07) is 2.60. The molecule has 0 atom stereocenters. The lowest BCUT2D eigenvalue weighted by Crippen LogP contribution is -2.21. The molecule has 1 aromatic carbocycles. The number of carbonyl (C=O) groups is 1. The van der Waals surface area contributed by atoms with Crippen molar-refractivity contribution in [1.82, 2.24) is 5.32 Å². The van der Waals surface area contributed by atoms with E-state index in [0.717, 1.165) is 0 Å². The number of rotatable bonds is 4. The maximum Gasteiger partial charge on any atom is 0.317 e. The van der Waals surface area contributed by atoms with Crippen LogP contribution in [0.2, 0.25) is 0 Å². The largest absolute Gasteiger partial charge is 0.504 e. The average Bonchev–Trinajstić information content (AvgIpc) is 2.18. The molecule has 5 N–H and O–H groups in total. The quantitative estimate of drug-likeness (QED) is 0.449. The summed E-state index contributed by atoms with van der Waals surface area (Å²) in [5, 5.41) is 38.4. The number of nitrogens with one attached hydrogen (secondary N) is 1. The normalized spacial score (nSPS) is 10.1. The van der Waals surface area contributed by atoms with E-state index in [1.54, 1.807) is 0 Å². The van der Waals surface area contributed by atoms with Crippen molar-refractivity contribution in [3.05, 3.63) is 17.7 Å². The Morgan fingerprint density at radius 2 is 1.87 bits per heavy atom. The van der Waals surface area contributed by atoms with Crippen LogP contribution in [0.5, 0.6) is 17.2 Å². The summed E-state index contributed by atoms with van der Waals surface area (Å²) in [6.45, 7) is -0.160. The van der Waals surface area contributed by atoms with E-state index >= 15 is 0 Å². The molecular weight excluding hydrogens is 202 g/mol. The SMILES string of the molecule is O=C(O)CNCc1ccc(O)c(O)c1O. The first-order valence-corrected chi connectivity index (χ1v) is 4.17. The minimum Gasteiger partial charge on any atom is -0.504 e. The first-order chi connectivity index (χ1) is 7.02. The van der Waals surface area contributed by atoms with Gasteiger partial charge in [0.25, 0.3) is 0 Å². The zero-order valence-electron chi connectivity index (χ0n) is 7.77. The van der Waals surface area contributed by atoms with Gasteiger partial charge in [0.05, 0.1) is 6.54 Å². The number of phenolic OH excluding ortho intramolecular Hbond substituents is 3. The van der Waals surface area contributed by atoms with Gasteiger partial charge in [-0.3, -0.25) is 4.79 Å². The summed E-state index contributed by atoms with van der Waals surface area (Å²) in [7, 11) is 0.